The van der Waals surface area contributed by atoms with Crippen molar-refractivity contribution in [2.45, 2.75) is 51.8 Å². The zero-order valence-corrected chi connectivity index (χ0v) is 14.2. The second-order valence-corrected chi connectivity index (χ2v) is 6.91. The Bertz CT molecular complexity index is 531. The number of nitrogens with one attached hydrogen (secondary N) is 1. The summed E-state index contributed by atoms with van der Waals surface area (Å²) in [4.78, 5) is 26.7. The average Bonchev–Trinajstić information content (AvgIpc) is 2.97. The third-order valence-corrected chi connectivity index (χ3v) is 3.64. The SMILES string of the molecule is CC(C)(C)OC(=O)C(NC(=O)Cc1ccccc1)N1CCCC1. The molecule has 1 aromatic carbocycles. The highest BCUT2D eigenvalue weighted by Gasteiger charge is 2.33. The summed E-state index contributed by atoms with van der Waals surface area (Å²) in [6.45, 7) is 7.10. The Kier molecular flexibility index (Phi) is 5.77. The highest BCUT2D eigenvalue weighted by atomic mass is 16.6. The lowest BCUT2D eigenvalue weighted by Crippen LogP contribution is -2.54. The van der Waals surface area contributed by atoms with Gasteiger partial charge >= 0.3 is 5.97 Å². The minimum Gasteiger partial charge on any atom is -0.457 e. The second-order valence-electron chi connectivity index (χ2n) is 6.91. The van der Waals surface area contributed by atoms with Crippen LogP contribution in [0.1, 0.15) is 39.2 Å². The van der Waals surface area contributed by atoms with Crippen LogP contribution in [0.4, 0.5) is 0 Å². The zero-order valence-electron chi connectivity index (χ0n) is 14.2. The van der Waals surface area contributed by atoms with Crippen LogP contribution in [-0.2, 0) is 20.7 Å². The van der Waals surface area contributed by atoms with Gasteiger partial charge in [-0.05, 0) is 39.2 Å². The molecule has 0 radical (unpaired) electrons. The quantitative estimate of drug-likeness (QED) is 0.845. The predicted octanol–water partition coefficient (Wildman–Crippen LogP) is 2.11. The van der Waals surface area contributed by atoms with Crippen LogP contribution in [-0.4, -0.2) is 41.6 Å². The van der Waals surface area contributed by atoms with Crippen molar-refractivity contribution in [1.29, 1.82) is 0 Å². The normalized spacial score (nSPS) is 16.8. The fourth-order valence-electron chi connectivity index (χ4n) is 2.64. The first-order chi connectivity index (χ1) is 10.8. The summed E-state index contributed by atoms with van der Waals surface area (Å²) in [5.41, 5.74) is 0.355. The van der Waals surface area contributed by atoms with Crippen LogP contribution in [0.25, 0.3) is 0 Å². The van der Waals surface area contributed by atoms with Crippen LogP contribution >= 0.6 is 0 Å². The van der Waals surface area contributed by atoms with Crippen LogP contribution in [0.5, 0.6) is 0 Å². The first-order valence-electron chi connectivity index (χ1n) is 8.15. The minimum atomic E-state index is -0.701. The maximum absolute atomic E-state index is 12.5. The molecule has 0 spiro atoms. The number of hydrogen-bond acceptors (Lipinski definition) is 4. The molecule has 23 heavy (non-hydrogen) atoms. The van der Waals surface area contributed by atoms with Gasteiger partial charge in [-0.3, -0.25) is 9.69 Å². The molecule has 2 rings (SSSR count). The summed E-state index contributed by atoms with van der Waals surface area (Å²) >= 11 is 0. The van der Waals surface area contributed by atoms with E-state index in [4.69, 9.17) is 4.74 Å². The number of carbonyl (C=O) groups is 2. The Morgan fingerprint density at radius 2 is 1.78 bits per heavy atom. The van der Waals surface area contributed by atoms with Crippen molar-refractivity contribution in [3.8, 4) is 0 Å². The van der Waals surface area contributed by atoms with Gasteiger partial charge in [-0.15, -0.1) is 0 Å². The molecule has 0 bridgehead atoms. The Morgan fingerprint density at radius 1 is 1.17 bits per heavy atom. The molecule has 0 aliphatic carbocycles. The summed E-state index contributed by atoms with van der Waals surface area (Å²) in [7, 11) is 0. The third kappa shape index (κ3) is 5.67. The van der Waals surface area contributed by atoms with E-state index >= 15 is 0 Å². The topological polar surface area (TPSA) is 58.6 Å². The number of nitrogens with zero attached hydrogens (tertiary/aromatic N) is 1. The molecule has 1 aliphatic rings. The van der Waals surface area contributed by atoms with Crippen LogP contribution in [0.2, 0.25) is 0 Å². The molecule has 1 fully saturated rings. The maximum atomic E-state index is 12.5. The number of hydrogen-bond donors (Lipinski definition) is 1. The van der Waals surface area contributed by atoms with E-state index < -0.39 is 11.8 Å². The molecule has 0 aromatic heterocycles. The molecule has 1 unspecified atom stereocenters. The zero-order chi connectivity index (χ0) is 16.9. The minimum absolute atomic E-state index is 0.168. The standard InChI is InChI=1S/C18H26N2O3/c1-18(2,3)23-17(22)16(20-11-7-8-12-20)19-15(21)13-14-9-5-4-6-10-14/h4-6,9-10,16H,7-8,11-13H2,1-3H3,(H,19,21). The number of likely N-dealkylation sites (tertiary alicyclic amines) is 1. The Hall–Kier alpha value is -1.88. The number of amides is 1. The van der Waals surface area contributed by atoms with E-state index in [2.05, 4.69) is 5.32 Å². The van der Waals surface area contributed by atoms with Gasteiger partial charge in [0.05, 0.1) is 6.42 Å². The van der Waals surface area contributed by atoms with Gasteiger partial charge in [0.2, 0.25) is 5.91 Å². The molecular weight excluding hydrogens is 292 g/mol. The lowest BCUT2D eigenvalue weighted by atomic mass is 10.1. The molecule has 5 heteroatoms. The number of esters is 1. The maximum Gasteiger partial charge on any atom is 0.344 e. The predicted molar refractivity (Wildman–Crippen MR) is 88.7 cm³/mol. The summed E-state index contributed by atoms with van der Waals surface area (Å²) < 4.78 is 5.47. The number of ether oxygens (including phenoxy) is 1. The van der Waals surface area contributed by atoms with Gasteiger partial charge in [0.25, 0.3) is 0 Å². The van der Waals surface area contributed by atoms with Gasteiger partial charge < -0.3 is 10.1 Å². The van der Waals surface area contributed by atoms with Crippen molar-refractivity contribution >= 4 is 11.9 Å². The van der Waals surface area contributed by atoms with Crippen molar-refractivity contribution in [2.75, 3.05) is 13.1 Å². The van der Waals surface area contributed by atoms with Crippen LogP contribution in [0, 0.1) is 0 Å². The fourth-order valence-corrected chi connectivity index (χ4v) is 2.64. The lowest BCUT2D eigenvalue weighted by Gasteiger charge is -2.30. The van der Waals surface area contributed by atoms with Gasteiger partial charge in [0.15, 0.2) is 6.17 Å². The van der Waals surface area contributed by atoms with E-state index in [1.165, 1.54) is 0 Å². The Balaban J connectivity index is 2.02. The monoisotopic (exact) mass is 318 g/mol. The average molecular weight is 318 g/mol. The van der Waals surface area contributed by atoms with Crippen molar-refractivity contribution in [2.24, 2.45) is 0 Å². The number of rotatable bonds is 5. The van der Waals surface area contributed by atoms with E-state index in [1.54, 1.807) is 0 Å². The Morgan fingerprint density at radius 3 is 2.35 bits per heavy atom. The number of benzene rings is 1. The van der Waals surface area contributed by atoms with Crippen molar-refractivity contribution in [3.05, 3.63) is 35.9 Å². The number of carbonyl (C=O) groups excluding carboxylic acids is 2. The van der Waals surface area contributed by atoms with Gasteiger partial charge in [-0.2, -0.15) is 0 Å². The molecule has 0 saturated carbocycles. The highest BCUT2D eigenvalue weighted by Crippen LogP contribution is 2.15. The van der Waals surface area contributed by atoms with Crippen LogP contribution in [0.3, 0.4) is 0 Å². The molecule has 126 valence electrons. The summed E-state index contributed by atoms with van der Waals surface area (Å²) in [6.07, 6.45) is 1.63. The molecule has 1 heterocycles. The van der Waals surface area contributed by atoms with Crippen molar-refractivity contribution < 1.29 is 14.3 Å². The molecular formula is C18H26N2O3. The van der Waals surface area contributed by atoms with E-state index in [0.717, 1.165) is 31.5 Å². The van der Waals surface area contributed by atoms with Gasteiger partial charge in [0, 0.05) is 13.1 Å². The molecule has 1 N–H and O–H groups in total. The lowest BCUT2D eigenvalue weighted by molar-refractivity contribution is -0.163. The van der Waals surface area contributed by atoms with E-state index in [1.807, 2.05) is 56.0 Å². The van der Waals surface area contributed by atoms with Gasteiger partial charge in [-0.1, -0.05) is 30.3 Å². The highest BCUT2D eigenvalue weighted by molar-refractivity contribution is 5.85. The molecule has 1 amide bonds. The van der Waals surface area contributed by atoms with Crippen molar-refractivity contribution in [1.82, 2.24) is 10.2 Å². The molecule has 1 aromatic rings. The molecule has 1 saturated heterocycles. The smallest absolute Gasteiger partial charge is 0.344 e. The van der Waals surface area contributed by atoms with Gasteiger partial charge in [-0.25, -0.2) is 4.79 Å². The molecule has 1 aliphatic heterocycles. The van der Waals surface area contributed by atoms with Gasteiger partial charge in [0.1, 0.15) is 5.60 Å². The second kappa shape index (κ2) is 7.59. The Labute approximate surface area is 138 Å². The largest absolute Gasteiger partial charge is 0.457 e. The van der Waals surface area contributed by atoms with Crippen LogP contribution in [0.15, 0.2) is 30.3 Å². The van der Waals surface area contributed by atoms with Crippen LogP contribution < -0.4 is 5.32 Å². The van der Waals surface area contributed by atoms with Crippen molar-refractivity contribution in [3.63, 3.8) is 0 Å². The summed E-state index contributed by atoms with van der Waals surface area (Å²) in [5, 5.41) is 2.84. The van der Waals surface area contributed by atoms with E-state index in [9.17, 15) is 9.59 Å². The third-order valence-electron chi connectivity index (χ3n) is 3.64. The molecule has 5 nitrogen and oxygen atoms in total. The van der Waals surface area contributed by atoms with E-state index in [-0.39, 0.29) is 18.3 Å². The summed E-state index contributed by atoms with van der Waals surface area (Å²) in [6, 6.07) is 9.51. The fraction of sp³-hybridized carbons (Fsp3) is 0.556. The summed E-state index contributed by atoms with van der Waals surface area (Å²) in [5.74, 6) is -0.556. The first kappa shape index (κ1) is 17.5. The first-order valence-corrected chi connectivity index (χ1v) is 8.15. The molecule has 1 atom stereocenters. The van der Waals surface area contributed by atoms with E-state index in [0.29, 0.717) is 0 Å².